The van der Waals surface area contributed by atoms with Crippen molar-refractivity contribution < 1.29 is 9.53 Å². The molecule has 0 radical (unpaired) electrons. The molecule has 2 rings (SSSR count). The molecule has 0 saturated heterocycles. The molecule has 19 heavy (non-hydrogen) atoms. The minimum atomic E-state index is -0.325. The molecule has 1 aliphatic heterocycles. The number of hydrogen-bond acceptors (Lipinski definition) is 5. The number of ether oxygens (including phenoxy) is 1. The summed E-state index contributed by atoms with van der Waals surface area (Å²) in [4.78, 5) is 14.9. The Morgan fingerprint density at radius 3 is 2.84 bits per heavy atom. The molecular formula is C12H19N5O2. The van der Waals surface area contributed by atoms with Gasteiger partial charge in [-0.15, -0.1) is 10.2 Å². The van der Waals surface area contributed by atoms with Gasteiger partial charge in [0.1, 0.15) is 0 Å². The highest BCUT2D eigenvalue weighted by atomic mass is 16.5. The molecule has 7 heteroatoms. The van der Waals surface area contributed by atoms with E-state index in [-0.39, 0.29) is 18.2 Å². The number of rotatable bonds is 2. The molecule has 1 atom stereocenters. The van der Waals surface area contributed by atoms with Gasteiger partial charge in [0, 0.05) is 11.6 Å². The fourth-order valence-corrected chi connectivity index (χ4v) is 1.94. The highest BCUT2D eigenvalue weighted by Crippen LogP contribution is 2.22. The van der Waals surface area contributed by atoms with Crippen molar-refractivity contribution in [1.82, 2.24) is 25.1 Å². The normalized spacial score (nSPS) is 19.5. The molecule has 104 valence electrons. The Labute approximate surface area is 112 Å². The standard InChI is InChI=1S/C12H19N5O2/c1-8(2)17-14-11(13-15-17)10-6-5-9(3)16(7-10)12(18)19-4/h6,8-9H,5,7H2,1-4H3. The third kappa shape index (κ3) is 2.74. The molecule has 0 spiro atoms. The van der Waals surface area contributed by atoms with E-state index in [0.717, 1.165) is 12.0 Å². The Morgan fingerprint density at radius 1 is 1.53 bits per heavy atom. The van der Waals surface area contributed by atoms with Crippen molar-refractivity contribution in [3.63, 3.8) is 0 Å². The van der Waals surface area contributed by atoms with Crippen LogP contribution in [0, 0.1) is 0 Å². The molecule has 1 aromatic heterocycles. The zero-order valence-corrected chi connectivity index (χ0v) is 11.7. The summed E-state index contributed by atoms with van der Waals surface area (Å²) in [5, 5.41) is 12.4. The lowest BCUT2D eigenvalue weighted by atomic mass is 10.0. The van der Waals surface area contributed by atoms with E-state index in [4.69, 9.17) is 4.74 Å². The summed E-state index contributed by atoms with van der Waals surface area (Å²) < 4.78 is 4.79. The number of carbonyl (C=O) groups excluding carboxylic acids is 1. The monoisotopic (exact) mass is 265 g/mol. The molecule has 7 nitrogen and oxygen atoms in total. The number of methoxy groups -OCH3 is 1. The van der Waals surface area contributed by atoms with Crippen LogP contribution >= 0.6 is 0 Å². The molecule has 1 unspecified atom stereocenters. The maximum Gasteiger partial charge on any atom is 0.410 e. The van der Waals surface area contributed by atoms with E-state index in [1.807, 2.05) is 20.8 Å². The quantitative estimate of drug-likeness (QED) is 0.810. The average molecular weight is 265 g/mol. The van der Waals surface area contributed by atoms with Crippen LogP contribution < -0.4 is 0 Å². The maximum atomic E-state index is 11.7. The molecule has 0 aromatic carbocycles. The van der Waals surface area contributed by atoms with Gasteiger partial charge in [-0.25, -0.2) is 4.79 Å². The molecule has 1 aromatic rings. The van der Waals surface area contributed by atoms with Gasteiger partial charge in [0.15, 0.2) is 0 Å². The first-order valence-corrected chi connectivity index (χ1v) is 6.36. The lowest BCUT2D eigenvalue weighted by Gasteiger charge is -2.31. The highest BCUT2D eigenvalue weighted by molar-refractivity contribution is 5.73. The Morgan fingerprint density at radius 2 is 2.26 bits per heavy atom. The molecule has 0 fully saturated rings. The summed E-state index contributed by atoms with van der Waals surface area (Å²) >= 11 is 0. The molecule has 1 amide bonds. The van der Waals surface area contributed by atoms with Gasteiger partial charge in [0.2, 0.25) is 5.82 Å². The van der Waals surface area contributed by atoms with Crippen LogP contribution in [0.1, 0.15) is 39.1 Å². The first-order valence-electron chi connectivity index (χ1n) is 6.36. The van der Waals surface area contributed by atoms with Crippen LogP contribution in [0.15, 0.2) is 6.08 Å². The van der Waals surface area contributed by atoms with E-state index in [1.165, 1.54) is 7.11 Å². The predicted octanol–water partition coefficient (Wildman–Crippen LogP) is 1.50. The average Bonchev–Trinajstić information content (AvgIpc) is 2.88. The van der Waals surface area contributed by atoms with Gasteiger partial charge >= 0.3 is 6.09 Å². The van der Waals surface area contributed by atoms with Gasteiger partial charge in [-0.1, -0.05) is 6.08 Å². The van der Waals surface area contributed by atoms with Crippen LogP contribution in [0.5, 0.6) is 0 Å². The summed E-state index contributed by atoms with van der Waals surface area (Å²) in [6.45, 7) is 6.42. The Hall–Kier alpha value is -1.92. The van der Waals surface area contributed by atoms with E-state index >= 15 is 0 Å². The maximum absolute atomic E-state index is 11.7. The topological polar surface area (TPSA) is 73.1 Å². The third-order valence-electron chi connectivity index (χ3n) is 3.16. The Bertz CT molecular complexity index is 494. The van der Waals surface area contributed by atoms with E-state index < -0.39 is 0 Å². The SMILES string of the molecule is COC(=O)N1CC(c2nnn(C(C)C)n2)=CCC1C. The second kappa shape index (κ2) is 5.38. The van der Waals surface area contributed by atoms with Crippen LogP contribution in [-0.2, 0) is 4.74 Å². The summed E-state index contributed by atoms with van der Waals surface area (Å²) in [6.07, 6.45) is 2.50. The molecule has 0 aliphatic carbocycles. The van der Waals surface area contributed by atoms with Gasteiger partial charge < -0.3 is 9.64 Å². The summed E-state index contributed by atoms with van der Waals surface area (Å²) in [5.41, 5.74) is 0.912. The van der Waals surface area contributed by atoms with Gasteiger partial charge in [-0.2, -0.15) is 4.80 Å². The van der Waals surface area contributed by atoms with E-state index in [2.05, 4.69) is 21.5 Å². The number of tetrazole rings is 1. The summed E-state index contributed by atoms with van der Waals surface area (Å²) in [6, 6.07) is 0.289. The van der Waals surface area contributed by atoms with Gasteiger partial charge in [-0.05, 0) is 32.4 Å². The smallest absolute Gasteiger partial charge is 0.410 e. The van der Waals surface area contributed by atoms with Crippen molar-refractivity contribution in [1.29, 1.82) is 0 Å². The number of carbonyl (C=O) groups is 1. The molecule has 0 bridgehead atoms. The van der Waals surface area contributed by atoms with E-state index in [0.29, 0.717) is 12.4 Å². The van der Waals surface area contributed by atoms with Crippen LogP contribution in [0.2, 0.25) is 0 Å². The van der Waals surface area contributed by atoms with Crippen LogP contribution in [0.3, 0.4) is 0 Å². The highest BCUT2D eigenvalue weighted by Gasteiger charge is 2.27. The number of nitrogens with zero attached hydrogens (tertiary/aromatic N) is 5. The second-order valence-electron chi connectivity index (χ2n) is 4.94. The van der Waals surface area contributed by atoms with Gasteiger partial charge in [-0.3, -0.25) is 0 Å². The van der Waals surface area contributed by atoms with Crippen molar-refractivity contribution >= 4 is 11.7 Å². The first kappa shape index (κ1) is 13.5. The number of hydrogen-bond donors (Lipinski definition) is 0. The van der Waals surface area contributed by atoms with Crippen molar-refractivity contribution in [2.45, 2.75) is 39.3 Å². The van der Waals surface area contributed by atoms with E-state index in [9.17, 15) is 4.79 Å². The Kier molecular flexibility index (Phi) is 3.82. The zero-order chi connectivity index (χ0) is 14.0. The molecule has 1 aliphatic rings. The van der Waals surface area contributed by atoms with Crippen LogP contribution in [0.25, 0.3) is 5.57 Å². The zero-order valence-electron chi connectivity index (χ0n) is 11.7. The van der Waals surface area contributed by atoms with Crippen LogP contribution in [-0.4, -0.2) is 50.9 Å². The minimum Gasteiger partial charge on any atom is -0.453 e. The van der Waals surface area contributed by atoms with Gasteiger partial charge in [0.25, 0.3) is 0 Å². The first-order chi connectivity index (χ1) is 9.02. The van der Waals surface area contributed by atoms with Crippen molar-refractivity contribution in [2.75, 3.05) is 13.7 Å². The van der Waals surface area contributed by atoms with Crippen molar-refractivity contribution in [3.05, 3.63) is 11.9 Å². The fraction of sp³-hybridized carbons (Fsp3) is 0.667. The lowest BCUT2D eigenvalue weighted by molar-refractivity contribution is 0.113. The fourth-order valence-electron chi connectivity index (χ4n) is 1.94. The molecule has 2 heterocycles. The lowest BCUT2D eigenvalue weighted by Crippen LogP contribution is -2.41. The van der Waals surface area contributed by atoms with Crippen molar-refractivity contribution in [3.8, 4) is 0 Å². The summed E-state index contributed by atoms with van der Waals surface area (Å²) in [5.74, 6) is 0.578. The second-order valence-corrected chi connectivity index (χ2v) is 4.94. The van der Waals surface area contributed by atoms with Crippen molar-refractivity contribution in [2.24, 2.45) is 0 Å². The van der Waals surface area contributed by atoms with E-state index in [1.54, 1.807) is 9.70 Å². The minimum absolute atomic E-state index is 0.122. The van der Waals surface area contributed by atoms with Crippen LogP contribution in [0.4, 0.5) is 4.79 Å². The largest absolute Gasteiger partial charge is 0.453 e. The molecule has 0 N–H and O–H groups in total. The number of aromatic nitrogens is 4. The predicted molar refractivity (Wildman–Crippen MR) is 69.4 cm³/mol. The third-order valence-corrected chi connectivity index (χ3v) is 3.16. The van der Waals surface area contributed by atoms with Gasteiger partial charge in [0.05, 0.1) is 19.7 Å². The molecular weight excluding hydrogens is 246 g/mol. The summed E-state index contributed by atoms with van der Waals surface area (Å²) in [7, 11) is 1.39. The molecule has 0 saturated carbocycles. The number of amides is 1. The Balaban J connectivity index is 2.18.